The van der Waals surface area contributed by atoms with Crippen molar-refractivity contribution in [2.24, 2.45) is 0 Å². The molecule has 0 amide bonds. The minimum Gasteiger partial charge on any atom is -0.756 e. The van der Waals surface area contributed by atoms with E-state index in [2.05, 4.69) is 55.5 Å². The number of likely N-dealkylation sites (N-methyl/N-ethyl adjacent to an activating group) is 1. The van der Waals surface area contributed by atoms with Gasteiger partial charge in [-0.2, -0.15) is 0 Å². The van der Waals surface area contributed by atoms with Crippen molar-refractivity contribution in [1.82, 2.24) is 0 Å². The van der Waals surface area contributed by atoms with Crippen LogP contribution >= 0.6 is 7.82 Å². The lowest BCUT2D eigenvalue weighted by molar-refractivity contribution is -0.870. The molecule has 0 radical (unpaired) electrons. The Labute approximate surface area is 258 Å². The third-order valence-corrected chi connectivity index (χ3v) is 6.37. The van der Waals surface area contributed by atoms with Crippen LogP contribution in [0.5, 0.6) is 0 Å². The molecule has 244 valence electrons. The van der Waals surface area contributed by atoms with Gasteiger partial charge in [-0.15, -0.1) is 0 Å². The number of carbonyl (C=O) groups excluding carboxylic acids is 2. The van der Waals surface area contributed by atoms with Gasteiger partial charge in [0.2, 0.25) is 0 Å². The van der Waals surface area contributed by atoms with E-state index in [4.69, 9.17) is 18.5 Å². The predicted molar refractivity (Wildman–Crippen MR) is 168 cm³/mol. The molecule has 0 aromatic rings. The highest BCUT2D eigenvalue weighted by molar-refractivity contribution is 7.45. The van der Waals surface area contributed by atoms with Crippen molar-refractivity contribution in [1.29, 1.82) is 0 Å². The summed E-state index contributed by atoms with van der Waals surface area (Å²) < 4.78 is 32.1. The quantitative estimate of drug-likeness (QED) is 0.0511. The molecule has 0 aliphatic heterocycles. The second kappa shape index (κ2) is 24.8. The molecule has 0 saturated heterocycles. The van der Waals surface area contributed by atoms with Gasteiger partial charge in [0.25, 0.3) is 7.82 Å². The summed E-state index contributed by atoms with van der Waals surface area (Å²) in [6.45, 7) is 2.67. The molecule has 0 rings (SSSR count). The molecule has 0 fully saturated rings. The van der Waals surface area contributed by atoms with Crippen molar-refractivity contribution in [3.63, 3.8) is 0 Å². The number of ether oxygens (including phenoxy) is 2. The van der Waals surface area contributed by atoms with Gasteiger partial charge in [-0.3, -0.25) is 14.2 Å². The summed E-state index contributed by atoms with van der Waals surface area (Å²) in [5.41, 5.74) is 0. The number of hydrogen-bond acceptors (Lipinski definition) is 9. The second-order valence-corrected chi connectivity index (χ2v) is 12.1. The first kappa shape index (κ1) is 40.4. The van der Waals surface area contributed by atoms with Crippen LogP contribution < -0.4 is 4.89 Å². The molecular formula is C32H52NO9P. The molecule has 0 aliphatic carbocycles. The van der Waals surface area contributed by atoms with Crippen LogP contribution in [0.2, 0.25) is 0 Å². The van der Waals surface area contributed by atoms with Gasteiger partial charge < -0.3 is 33.0 Å². The first-order valence-electron chi connectivity index (χ1n) is 14.7. The number of hydrogen-bond donors (Lipinski definition) is 1. The Morgan fingerprint density at radius 3 is 1.95 bits per heavy atom. The number of phosphoric acid groups is 1. The number of phosphoric ester groups is 1. The van der Waals surface area contributed by atoms with Gasteiger partial charge in [0.1, 0.15) is 19.8 Å². The molecule has 2 unspecified atom stereocenters. The lowest BCUT2D eigenvalue weighted by Crippen LogP contribution is -2.37. The standard InChI is InChI=1S/C32H52NO9P/c1-6-7-8-9-10-11-12-13-14-15-16-17-18-19-20-21-22-30(35)23-24-32(36)39-27-31(42-29(2)34)28-41-43(37,38)40-26-25-33(3,4)5/h7-8,10-11,13-14,16-17,19-22,30-31,35H,6,9,12,15,18,23-28H2,1-5H3/b8-7-,11-10-,14-13-,17-16-,20-19-,22-21-/t30?,31-/m1/s1. The van der Waals surface area contributed by atoms with Crippen LogP contribution in [-0.2, 0) is 32.7 Å². The SMILES string of the molecule is CC/C=C\C/C=C\C/C=C\C/C=C\C/C=C\C=C/C(O)CCC(=O)OC[C@H](COP(=O)([O-])OCC[N+](C)(C)C)OC(C)=O. The maximum atomic E-state index is 12.1. The van der Waals surface area contributed by atoms with Crippen LogP contribution in [0.15, 0.2) is 72.9 Å². The highest BCUT2D eigenvalue weighted by Gasteiger charge is 2.20. The Kier molecular flexibility index (Phi) is 23.3. The number of quaternary nitrogens is 1. The normalized spacial score (nSPS) is 15.8. The van der Waals surface area contributed by atoms with Gasteiger partial charge in [-0.1, -0.05) is 79.8 Å². The number of carbonyl (C=O) groups is 2. The van der Waals surface area contributed by atoms with Gasteiger partial charge in [0.05, 0.1) is 33.9 Å². The molecule has 1 N–H and O–H groups in total. The maximum absolute atomic E-state index is 12.1. The van der Waals surface area contributed by atoms with E-state index in [0.717, 1.165) is 39.0 Å². The number of aliphatic hydroxyl groups is 1. The zero-order chi connectivity index (χ0) is 32.4. The Hall–Kier alpha value is -2.59. The van der Waals surface area contributed by atoms with Crippen molar-refractivity contribution in [3.05, 3.63) is 72.9 Å². The summed E-state index contributed by atoms with van der Waals surface area (Å²) in [6, 6.07) is 0. The molecule has 0 aliphatic rings. The molecule has 43 heavy (non-hydrogen) atoms. The Morgan fingerprint density at radius 2 is 1.42 bits per heavy atom. The van der Waals surface area contributed by atoms with E-state index in [1.807, 2.05) is 33.3 Å². The average Bonchev–Trinajstić information content (AvgIpc) is 2.92. The first-order valence-corrected chi connectivity index (χ1v) is 16.2. The number of allylic oxidation sites excluding steroid dienone is 11. The third kappa shape index (κ3) is 29.3. The molecule has 0 saturated carbocycles. The summed E-state index contributed by atoms with van der Waals surface area (Å²) in [7, 11) is 1.02. The average molecular weight is 626 g/mol. The maximum Gasteiger partial charge on any atom is 0.306 e. The number of aliphatic hydroxyl groups excluding tert-OH is 1. The first-order chi connectivity index (χ1) is 20.3. The van der Waals surface area contributed by atoms with Crippen LogP contribution in [0.1, 0.15) is 58.8 Å². The lowest BCUT2D eigenvalue weighted by Gasteiger charge is -2.28. The number of nitrogens with zero attached hydrogens (tertiary/aromatic N) is 1. The zero-order valence-electron chi connectivity index (χ0n) is 26.5. The molecule has 3 atom stereocenters. The monoisotopic (exact) mass is 625 g/mol. The summed E-state index contributed by atoms with van der Waals surface area (Å²) >= 11 is 0. The Bertz CT molecular complexity index is 993. The van der Waals surface area contributed by atoms with Crippen molar-refractivity contribution in [3.8, 4) is 0 Å². The van der Waals surface area contributed by atoms with Crippen LogP contribution in [0.3, 0.4) is 0 Å². The third-order valence-electron chi connectivity index (χ3n) is 5.41. The molecule has 0 aromatic carbocycles. The summed E-state index contributed by atoms with van der Waals surface area (Å²) in [4.78, 5) is 35.4. The summed E-state index contributed by atoms with van der Waals surface area (Å²) in [6.07, 6.45) is 26.8. The van der Waals surface area contributed by atoms with E-state index in [1.54, 1.807) is 12.2 Å². The van der Waals surface area contributed by atoms with Gasteiger partial charge in [-0.25, -0.2) is 0 Å². The fraction of sp³-hybridized carbons (Fsp3) is 0.562. The molecule has 0 bridgehead atoms. The fourth-order valence-corrected chi connectivity index (χ4v) is 3.84. The van der Waals surface area contributed by atoms with Gasteiger partial charge in [0.15, 0.2) is 6.10 Å². The molecular weight excluding hydrogens is 573 g/mol. The minimum absolute atomic E-state index is 0.0741. The van der Waals surface area contributed by atoms with Crippen molar-refractivity contribution < 1.29 is 47.2 Å². The highest BCUT2D eigenvalue weighted by Crippen LogP contribution is 2.38. The summed E-state index contributed by atoms with van der Waals surface area (Å²) in [5.74, 6) is -1.32. The van der Waals surface area contributed by atoms with E-state index in [-0.39, 0.29) is 19.4 Å². The molecule has 0 spiro atoms. The van der Waals surface area contributed by atoms with Gasteiger partial charge in [-0.05, 0) is 38.5 Å². The van der Waals surface area contributed by atoms with E-state index in [9.17, 15) is 24.2 Å². The predicted octanol–water partition coefficient (Wildman–Crippen LogP) is 5.12. The van der Waals surface area contributed by atoms with E-state index < -0.39 is 45.2 Å². The second-order valence-electron chi connectivity index (χ2n) is 10.7. The smallest absolute Gasteiger partial charge is 0.306 e. The fourth-order valence-electron chi connectivity index (χ4n) is 3.11. The van der Waals surface area contributed by atoms with Crippen molar-refractivity contribution in [2.75, 3.05) is 47.5 Å². The molecule has 11 heteroatoms. The largest absolute Gasteiger partial charge is 0.756 e. The Morgan fingerprint density at radius 1 is 0.860 bits per heavy atom. The van der Waals surface area contributed by atoms with Crippen LogP contribution in [-0.4, -0.2) is 81.2 Å². The minimum atomic E-state index is -4.63. The Balaban J connectivity index is 4.25. The van der Waals surface area contributed by atoms with Gasteiger partial charge in [0, 0.05) is 13.3 Å². The molecule has 0 heterocycles. The molecule has 0 aromatic heterocycles. The van der Waals surface area contributed by atoms with E-state index in [1.165, 1.54) is 0 Å². The number of esters is 2. The van der Waals surface area contributed by atoms with Crippen molar-refractivity contribution >= 4 is 19.8 Å². The number of rotatable bonds is 24. The zero-order valence-corrected chi connectivity index (χ0v) is 27.4. The van der Waals surface area contributed by atoms with Gasteiger partial charge >= 0.3 is 11.9 Å². The van der Waals surface area contributed by atoms with Crippen LogP contribution in [0.25, 0.3) is 0 Å². The topological polar surface area (TPSA) is 131 Å². The molecule has 10 nitrogen and oxygen atoms in total. The summed E-state index contributed by atoms with van der Waals surface area (Å²) in [5, 5.41) is 10.1. The highest BCUT2D eigenvalue weighted by atomic mass is 31.2. The van der Waals surface area contributed by atoms with Crippen LogP contribution in [0, 0.1) is 0 Å². The van der Waals surface area contributed by atoms with Crippen LogP contribution in [0.4, 0.5) is 0 Å². The van der Waals surface area contributed by atoms with E-state index in [0.29, 0.717) is 11.0 Å². The van der Waals surface area contributed by atoms with E-state index >= 15 is 0 Å². The van der Waals surface area contributed by atoms with Crippen molar-refractivity contribution in [2.45, 2.75) is 71.0 Å². The lowest BCUT2D eigenvalue weighted by atomic mass is 10.2.